The Morgan fingerprint density at radius 3 is 2.64 bits per heavy atom. The summed E-state index contributed by atoms with van der Waals surface area (Å²) in [6, 6.07) is 3.80. The number of furan rings is 1. The van der Waals surface area contributed by atoms with Gasteiger partial charge in [0, 0.05) is 19.6 Å². The highest BCUT2D eigenvalue weighted by molar-refractivity contribution is 5.01. The van der Waals surface area contributed by atoms with Crippen LogP contribution in [0.3, 0.4) is 0 Å². The number of rotatable bonds is 5. The van der Waals surface area contributed by atoms with Crippen LogP contribution in [0.2, 0.25) is 0 Å². The van der Waals surface area contributed by atoms with Crippen molar-refractivity contribution in [3.63, 3.8) is 0 Å². The van der Waals surface area contributed by atoms with Gasteiger partial charge >= 0.3 is 0 Å². The van der Waals surface area contributed by atoms with Gasteiger partial charge in [-0.2, -0.15) is 0 Å². The molecule has 2 unspecified atom stereocenters. The molecular formula is C11H19NO2. The first-order valence-corrected chi connectivity index (χ1v) is 4.96. The molecule has 80 valence electrons. The lowest BCUT2D eigenvalue weighted by molar-refractivity contribution is 0.0429. The Hall–Kier alpha value is -0.800. The third kappa shape index (κ3) is 2.86. The van der Waals surface area contributed by atoms with E-state index in [-0.39, 0.29) is 12.1 Å². The van der Waals surface area contributed by atoms with Gasteiger partial charge in [-0.25, -0.2) is 0 Å². The van der Waals surface area contributed by atoms with Crippen molar-refractivity contribution in [3.8, 4) is 0 Å². The van der Waals surface area contributed by atoms with Gasteiger partial charge in [-0.3, -0.25) is 0 Å². The number of methoxy groups -OCH3 is 1. The van der Waals surface area contributed by atoms with E-state index in [0.717, 1.165) is 12.2 Å². The van der Waals surface area contributed by atoms with E-state index in [2.05, 4.69) is 13.8 Å². The van der Waals surface area contributed by atoms with Crippen LogP contribution in [0.4, 0.5) is 0 Å². The predicted molar refractivity (Wildman–Crippen MR) is 56.0 cm³/mol. The summed E-state index contributed by atoms with van der Waals surface area (Å²) in [6.07, 6.45) is 2.48. The van der Waals surface area contributed by atoms with Gasteiger partial charge in [-0.05, 0) is 18.1 Å². The van der Waals surface area contributed by atoms with Crippen molar-refractivity contribution in [1.29, 1.82) is 0 Å². The molecule has 0 saturated heterocycles. The van der Waals surface area contributed by atoms with Crippen LogP contribution in [0.1, 0.15) is 19.6 Å². The summed E-state index contributed by atoms with van der Waals surface area (Å²) in [4.78, 5) is 0. The molecule has 1 heterocycles. The lowest BCUT2D eigenvalue weighted by Gasteiger charge is -2.25. The van der Waals surface area contributed by atoms with Gasteiger partial charge < -0.3 is 14.9 Å². The first kappa shape index (κ1) is 11.3. The molecule has 0 amide bonds. The van der Waals surface area contributed by atoms with Gasteiger partial charge in [0.05, 0.1) is 12.4 Å². The molecule has 1 aromatic rings. The van der Waals surface area contributed by atoms with E-state index in [1.54, 1.807) is 13.4 Å². The molecule has 0 bridgehead atoms. The normalized spacial score (nSPS) is 15.8. The fourth-order valence-corrected chi connectivity index (χ4v) is 1.72. The molecule has 0 aromatic carbocycles. The van der Waals surface area contributed by atoms with Crippen LogP contribution in [-0.2, 0) is 11.2 Å². The van der Waals surface area contributed by atoms with Crippen molar-refractivity contribution in [3.05, 3.63) is 24.2 Å². The molecule has 2 atom stereocenters. The fraction of sp³-hybridized carbons (Fsp3) is 0.636. The Morgan fingerprint density at radius 2 is 2.21 bits per heavy atom. The van der Waals surface area contributed by atoms with Gasteiger partial charge in [0.2, 0.25) is 0 Å². The molecule has 0 aliphatic heterocycles. The highest BCUT2D eigenvalue weighted by Crippen LogP contribution is 2.13. The summed E-state index contributed by atoms with van der Waals surface area (Å²) in [5, 5.41) is 0. The topological polar surface area (TPSA) is 48.4 Å². The summed E-state index contributed by atoms with van der Waals surface area (Å²) in [5.41, 5.74) is 6.04. The van der Waals surface area contributed by atoms with E-state index < -0.39 is 0 Å². The molecule has 0 spiro atoms. The van der Waals surface area contributed by atoms with Gasteiger partial charge in [0.25, 0.3) is 0 Å². The molecule has 0 fully saturated rings. The molecule has 14 heavy (non-hydrogen) atoms. The maximum absolute atomic E-state index is 6.04. The number of nitrogens with two attached hydrogens (primary N) is 1. The van der Waals surface area contributed by atoms with Crippen molar-refractivity contribution in [2.45, 2.75) is 32.4 Å². The SMILES string of the molecule is COC(C(C)C)C(N)Cc1ccco1. The smallest absolute Gasteiger partial charge is 0.105 e. The third-order valence-corrected chi connectivity index (χ3v) is 2.37. The number of hydrogen-bond acceptors (Lipinski definition) is 3. The van der Waals surface area contributed by atoms with E-state index in [0.29, 0.717) is 5.92 Å². The summed E-state index contributed by atoms with van der Waals surface area (Å²) in [6.45, 7) is 4.21. The second-order valence-electron chi connectivity index (χ2n) is 3.89. The maximum atomic E-state index is 6.04. The largest absolute Gasteiger partial charge is 0.469 e. The molecule has 0 aliphatic rings. The predicted octanol–water partition coefficient (Wildman–Crippen LogP) is 1.82. The highest BCUT2D eigenvalue weighted by atomic mass is 16.5. The second kappa shape index (κ2) is 5.17. The van der Waals surface area contributed by atoms with Crippen molar-refractivity contribution >= 4 is 0 Å². The number of ether oxygens (including phenoxy) is 1. The van der Waals surface area contributed by atoms with Crippen molar-refractivity contribution in [2.24, 2.45) is 11.7 Å². The van der Waals surface area contributed by atoms with Crippen molar-refractivity contribution in [1.82, 2.24) is 0 Å². The minimum atomic E-state index is -0.00819. The van der Waals surface area contributed by atoms with Crippen LogP contribution in [0, 0.1) is 5.92 Å². The monoisotopic (exact) mass is 197 g/mol. The Bertz CT molecular complexity index is 244. The van der Waals surface area contributed by atoms with Crippen LogP contribution in [-0.4, -0.2) is 19.3 Å². The molecular weight excluding hydrogens is 178 g/mol. The average molecular weight is 197 g/mol. The lowest BCUT2D eigenvalue weighted by atomic mass is 9.97. The third-order valence-electron chi connectivity index (χ3n) is 2.37. The summed E-state index contributed by atoms with van der Waals surface area (Å²) < 4.78 is 10.6. The molecule has 3 nitrogen and oxygen atoms in total. The van der Waals surface area contributed by atoms with Gasteiger partial charge in [-0.1, -0.05) is 13.8 Å². The van der Waals surface area contributed by atoms with Crippen LogP contribution in [0.15, 0.2) is 22.8 Å². The van der Waals surface area contributed by atoms with Gasteiger partial charge in [0.1, 0.15) is 5.76 Å². The Balaban J connectivity index is 2.51. The van der Waals surface area contributed by atoms with Crippen molar-refractivity contribution < 1.29 is 9.15 Å². The van der Waals surface area contributed by atoms with E-state index in [1.807, 2.05) is 12.1 Å². The first-order valence-electron chi connectivity index (χ1n) is 4.96. The summed E-state index contributed by atoms with van der Waals surface area (Å²) in [7, 11) is 1.70. The quantitative estimate of drug-likeness (QED) is 0.783. The Kier molecular flexibility index (Phi) is 4.17. The Morgan fingerprint density at radius 1 is 1.50 bits per heavy atom. The van der Waals surface area contributed by atoms with Crippen LogP contribution in [0.25, 0.3) is 0 Å². The maximum Gasteiger partial charge on any atom is 0.105 e. The standard InChI is InChI=1S/C11H19NO2/c1-8(2)11(13-3)10(12)7-9-5-4-6-14-9/h4-6,8,10-11H,7,12H2,1-3H3. The van der Waals surface area contributed by atoms with E-state index in [1.165, 1.54) is 0 Å². The van der Waals surface area contributed by atoms with Crippen LogP contribution in [0.5, 0.6) is 0 Å². The zero-order valence-electron chi connectivity index (χ0n) is 9.07. The van der Waals surface area contributed by atoms with E-state index in [4.69, 9.17) is 14.9 Å². The van der Waals surface area contributed by atoms with E-state index >= 15 is 0 Å². The summed E-state index contributed by atoms with van der Waals surface area (Å²) in [5.74, 6) is 1.34. The molecule has 1 rings (SSSR count). The Labute approximate surface area is 85.2 Å². The zero-order valence-corrected chi connectivity index (χ0v) is 9.07. The minimum Gasteiger partial charge on any atom is -0.469 e. The van der Waals surface area contributed by atoms with Crippen LogP contribution >= 0.6 is 0 Å². The van der Waals surface area contributed by atoms with Crippen molar-refractivity contribution in [2.75, 3.05) is 7.11 Å². The molecule has 2 N–H and O–H groups in total. The lowest BCUT2D eigenvalue weighted by Crippen LogP contribution is -2.41. The number of hydrogen-bond donors (Lipinski definition) is 1. The summed E-state index contributed by atoms with van der Waals surface area (Å²) >= 11 is 0. The first-order chi connectivity index (χ1) is 6.65. The minimum absolute atomic E-state index is 0.00819. The average Bonchev–Trinajstić information content (AvgIpc) is 2.57. The molecule has 0 saturated carbocycles. The molecule has 1 aromatic heterocycles. The molecule has 0 aliphatic carbocycles. The fourth-order valence-electron chi connectivity index (χ4n) is 1.72. The molecule has 0 radical (unpaired) electrons. The van der Waals surface area contributed by atoms with Gasteiger partial charge in [0.15, 0.2) is 0 Å². The second-order valence-corrected chi connectivity index (χ2v) is 3.89. The zero-order chi connectivity index (χ0) is 10.6. The highest BCUT2D eigenvalue weighted by Gasteiger charge is 2.21. The van der Waals surface area contributed by atoms with Gasteiger partial charge in [-0.15, -0.1) is 0 Å². The van der Waals surface area contributed by atoms with Crippen LogP contribution < -0.4 is 5.73 Å². The molecule has 3 heteroatoms. The van der Waals surface area contributed by atoms with E-state index in [9.17, 15) is 0 Å².